The van der Waals surface area contributed by atoms with Gasteiger partial charge in [-0.05, 0) is 36.9 Å². The van der Waals surface area contributed by atoms with Crippen LogP contribution in [0.1, 0.15) is 37.2 Å². The van der Waals surface area contributed by atoms with Gasteiger partial charge in [-0.25, -0.2) is 4.79 Å². The molecule has 1 atom stereocenters. The minimum absolute atomic E-state index is 0.0451. The van der Waals surface area contributed by atoms with Crippen molar-refractivity contribution in [2.24, 2.45) is 5.92 Å². The predicted octanol–water partition coefficient (Wildman–Crippen LogP) is 2.57. The Hall–Kier alpha value is -1.34. The summed E-state index contributed by atoms with van der Waals surface area (Å²) in [5.74, 6) is -0.603. The first-order valence-corrected chi connectivity index (χ1v) is 10.2. The van der Waals surface area contributed by atoms with E-state index in [4.69, 9.17) is 9.52 Å². The average Bonchev–Trinajstić information content (AvgIpc) is 2.94. The van der Waals surface area contributed by atoms with Gasteiger partial charge in [-0.1, -0.05) is 13.8 Å². The van der Waals surface area contributed by atoms with E-state index in [0.717, 1.165) is 25.9 Å². The van der Waals surface area contributed by atoms with Crippen molar-refractivity contribution in [3.05, 3.63) is 12.0 Å². The summed E-state index contributed by atoms with van der Waals surface area (Å²) in [5.41, 5.74) is -0.0577. The third-order valence-electron chi connectivity index (χ3n) is 4.72. The molecular formula is C14H24N2O4Si. The molecule has 0 amide bonds. The van der Waals surface area contributed by atoms with Gasteiger partial charge in [0.25, 0.3) is 6.01 Å². The van der Waals surface area contributed by atoms with Crippen molar-refractivity contribution in [3.8, 4) is 0 Å². The largest absolute Gasteiger partial charge is 0.476 e. The Labute approximate surface area is 125 Å². The van der Waals surface area contributed by atoms with Gasteiger partial charge in [-0.15, -0.1) is 0 Å². The molecule has 0 aliphatic carbocycles. The van der Waals surface area contributed by atoms with Crippen LogP contribution in [0.4, 0.5) is 6.01 Å². The monoisotopic (exact) mass is 312 g/mol. The van der Waals surface area contributed by atoms with Crippen molar-refractivity contribution >= 4 is 20.3 Å². The highest BCUT2D eigenvalue weighted by Crippen LogP contribution is 2.43. The van der Waals surface area contributed by atoms with Gasteiger partial charge in [0, 0.05) is 13.1 Å². The van der Waals surface area contributed by atoms with Crippen molar-refractivity contribution in [2.75, 3.05) is 18.0 Å². The summed E-state index contributed by atoms with van der Waals surface area (Å²) in [6.07, 6.45) is 3.16. The molecule has 1 aromatic heterocycles. The van der Waals surface area contributed by atoms with Gasteiger partial charge >= 0.3 is 5.97 Å². The lowest BCUT2D eigenvalue weighted by Crippen LogP contribution is -2.40. The fourth-order valence-electron chi connectivity index (χ4n) is 2.65. The Morgan fingerprint density at radius 2 is 2.24 bits per heavy atom. The fourth-order valence-corrected chi connectivity index (χ4v) is 3.44. The molecule has 1 aliphatic heterocycles. The van der Waals surface area contributed by atoms with Gasteiger partial charge in [0.15, 0.2) is 14.0 Å². The van der Waals surface area contributed by atoms with Crippen LogP contribution in [0, 0.1) is 5.92 Å². The summed E-state index contributed by atoms with van der Waals surface area (Å²) < 4.78 is 5.25. The minimum Gasteiger partial charge on any atom is -0.476 e. The molecule has 0 spiro atoms. The second-order valence-corrected chi connectivity index (χ2v) is 11.5. The van der Waals surface area contributed by atoms with Crippen molar-refractivity contribution in [1.29, 1.82) is 0 Å². The topological polar surface area (TPSA) is 86.8 Å². The molecule has 2 heterocycles. The number of aromatic carboxylic acids is 1. The highest BCUT2D eigenvalue weighted by Gasteiger charge is 2.41. The Balaban J connectivity index is 1.99. The Bertz CT molecular complexity index is 521. The lowest BCUT2D eigenvalue weighted by molar-refractivity contribution is 0.0690. The zero-order valence-electron chi connectivity index (χ0n) is 13.1. The van der Waals surface area contributed by atoms with Gasteiger partial charge in [0.05, 0.1) is 0 Å². The first kappa shape index (κ1) is 16.0. The molecule has 21 heavy (non-hydrogen) atoms. The summed E-state index contributed by atoms with van der Waals surface area (Å²) in [7, 11) is -2.20. The van der Waals surface area contributed by atoms with Crippen LogP contribution < -0.4 is 4.90 Å². The maximum atomic E-state index is 10.8. The number of carbonyl (C=O) groups is 1. The highest BCUT2D eigenvalue weighted by atomic mass is 28.4. The molecule has 2 N–H and O–H groups in total. The number of hydrogen-bond acceptors (Lipinski definition) is 5. The zero-order chi connectivity index (χ0) is 15.8. The van der Waals surface area contributed by atoms with Gasteiger partial charge in [0.2, 0.25) is 0 Å². The average molecular weight is 312 g/mol. The van der Waals surface area contributed by atoms with Crippen LogP contribution in [0.3, 0.4) is 0 Å². The van der Waals surface area contributed by atoms with E-state index in [-0.39, 0.29) is 10.7 Å². The summed E-state index contributed by atoms with van der Waals surface area (Å²) >= 11 is 0. The van der Waals surface area contributed by atoms with Crippen LogP contribution in [-0.4, -0.2) is 42.3 Å². The van der Waals surface area contributed by atoms with Crippen LogP contribution in [0.2, 0.25) is 18.1 Å². The van der Waals surface area contributed by atoms with E-state index in [0.29, 0.717) is 11.9 Å². The van der Waals surface area contributed by atoms with E-state index < -0.39 is 14.3 Å². The lowest BCUT2D eigenvalue weighted by atomic mass is 9.95. The van der Waals surface area contributed by atoms with Crippen molar-refractivity contribution in [3.63, 3.8) is 0 Å². The third-order valence-corrected chi connectivity index (χ3v) is 8.24. The van der Waals surface area contributed by atoms with E-state index in [2.05, 4.69) is 18.8 Å². The van der Waals surface area contributed by atoms with E-state index >= 15 is 0 Å². The van der Waals surface area contributed by atoms with Gasteiger partial charge in [-0.2, -0.15) is 4.98 Å². The Morgan fingerprint density at radius 1 is 1.57 bits per heavy atom. The molecule has 1 saturated heterocycles. The summed E-state index contributed by atoms with van der Waals surface area (Å²) in [5, 5.41) is 8.83. The number of aromatic nitrogens is 1. The Kier molecular flexibility index (Phi) is 4.16. The number of carboxylic acids is 1. The molecule has 1 aliphatic rings. The first-order valence-electron chi connectivity index (χ1n) is 7.26. The summed E-state index contributed by atoms with van der Waals surface area (Å²) in [4.78, 5) is 27.2. The highest BCUT2D eigenvalue weighted by molar-refractivity contribution is 6.72. The van der Waals surface area contributed by atoms with Crippen molar-refractivity contribution < 1.29 is 19.1 Å². The summed E-state index contributed by atoms with van der Waals surface area (Å²) in [6.45, 7) is 9.84. The quantitative estimate of drug-likeness (QED) is 0.813. The smallest absolute Gasteiger partial charge is 0.357 e. The number of nitrogens with zero attached hydrogens (tertiary/aromatic N) is 2. The predicted molar refractivity (Wildman–Crippen MR) is 82.1 cm³/mol. The normalized spacial score (nSPS) is 20.0. The van der Waals surface area contributed by atoms with E-state index in [1.165, 1.54) is 6.26 Å². The molecule has 0 bridgehead atoms. The molecular weight excluding hydrogens is 288 g/mol. The molecule has 7 heteroatoms. The molecule has 0 radical (unpaired) electrons. The lowest BCUT2D eigenvalue weighted by Gasteiger charge is -2.37. The van der Waals surface area contributed by atoms with Gasteiger partial charge < -0.3 is 19.2 Å². The molecule has 0 unspecified atom stereocenters. The SMILES string of the molecule is CC(C)(C[C@H]1CCN(c2nc(C(=O)O)co2)C1)[Si](C)(C)O. The minimum atomic E-state index is -2.20. The number of oxazole rings is 1. The van der Waals surface area contributed by atoms with Gasteiger partial charge in [0.1, 0.15) is 6.26 Å². The maximum absolute atomic E-state index is 10.8. The number of hydrogen-bond donors (Lipinski definition) is 2. The summed E-state index contributed by atoms with van der Waals surface area (Å²) in [6, 6.07) is 0.383. The van der Waals surface area contributed by atoms with Crippen molar-refractivity contribution in [2.45, 2.75) is 44.8 Å². The van der Waals surface area contributed by atoms with Crippen LogP contribution in [0.15, 0.2) is 10.7 Å². The second kappa shape index (κ2) is 5.45. The number of rotatable bonds is 5. The molecule has 0 aromatic carbocycles. The van der Waals surface area contributed by atoms with Crippen molar-refractivity contribution in [1.82, 2.24) is 4.98 Å². The fraction of sp³-hybridized carbons (Fsp3) is 0.714. The number of anilines is 1. The number of carboxylic acid groups (broad SMARTS) is 1. The van der Waals surface area contributed by atoms with E-state index in [1.807, 2.05) is 18.0 Å². The third kappa shape index (κ3) is 3.46. The van der Waals surface area contributed by atoms with Crippen LogP contribution in [-0.2, 0) is 0 Å². The molecule has 6 nitrogen and oxygen atoms in total. The van der Waals surface area contributed by atoms with Crippen LogP contribution in [0.5, 0.6) is 0 Å². The molecule has 2 rings (SSSR count). The standard InChI is InChI=1S/C14H24N2O4Si/c1-14(2,21(3,4)19)7-10-5-6-16(8-10)13-15-11(9-20-13)12(17)18/h9-10,19H,5-8H2,1-4H3,(H,17,18)/t10-/m1/s1. The zero-order valence-corrected chi connectivity index (χ0v) is 14.1. The van der Waals surface area contributed by atoms with Crippen LogP contribution >= 0.6 is 0 Å². The van der Waals surface area contributed by atoms with Gasteiger partial charge in [-0.3, -0.25) is 0 Å². The van der Waals surface area contributed by atoms with E-state index in [9.17, 15) is 9.59 Å². The molecule has 0 saturated carbocycles. The second-order valence-electron chi connectivity index (χ2n) is 7.07. The molecule has 1 fully saturated rings. The molecule has 118 valence electrons. The maximum Gasteiger partial charge on any atom is 0.357 e. The van der Waals surface area contributed by atoms with E-state index in [1.54, 1.807) is 0 Å². The first-order chi connectivity index (χ1) is 9.60. The molecule has 1 aromatic rings. The Morgan fingerprint density at radius 3 is 2.76 bits per heavy atom. The van der Waals surface area contributed by atoms with Crippen LogP contribution in [0.25, 0.3) is 0 Å².